The summed E-state index contributed by atoms with van der Waals surface area (Å²) >= 11 is 0. The Morgan fingerprint density at radius 1 is 1.33 bits per heavy atom. The highest BCUT2D eigenvalue weighted by atomic mass is 16.5. The Balaban J connectivity index is 2.03. The van der Waals surface area contributed by atoms with E-state index in [0.29, 0.717) is 10.9 Å². The molecule has 0 saturated heterocycles. The van der Waals surface area contributed by atoms with Gasteiger partial charge in [0.25, 0.3) is 5.56 Å². The zero-order valence-electron chi connectivity index (χ0n) is 11.5. The fraction of sp³-hybridized carbons (Fsp3) is 0.286. The van der Waals surface area contributed by atoms with Crippen LogP contribution in [0.25, 0.3) is 10.9 Å². The van der Waals surface area contributed by atoms with Crippen molar-refractivity contribution in [2.24, 2.45) is 0 Å². The van der Waals surface area contributed by atoms with E-state index in [-0.39, 0.29) is 31.0 Å². The number of hydrogen-bond donors (Lipinski definition) is 1. The van der Waals surface area contributed by atoms with Crippen molar-refractivity contribution in [2.45, 2.75) is 13.0 Å². The van der Waals surface area contributed by atoms with Gasteiger partial charge in [0.15, 0.2) is 0 Å². The van der Waals surface area contributed by atoms with Crippen LogP contribution < -0.4 is 10.9 Å². The second-order valence-electron chi connectivity index (χ2n) is 4.37. The third-order valence-electron chi connectivity index (χ3n) is 2.92. The SMILES string of the molecule is COC(=O)CCNC(=O)Cn1cnc2ccccc2c1=O. The number of nitrogens with one attached hydrogen (secondary N) is 1. The number of esters is 1. The standard InChI is InChI=1S/C14H15N3O4/c1-21-13(19)6-7-15-12(18)8-17-9-16-11-5-3-2-4-10(11)14(17)20/h2-5,9H,6-8H2,1H3,(H,15,18). The molecule has 21 heavy (non-hydrogen) atoms. The first-order chi connectivity index (χ1) is 10.1. The number of hydrogen-bond acceptors (Lipinski definition) is 5. The number of ether oxygens (including phenoxy) is 1. The van der Waals surface area contributed by atoms with Crippen molar-refractivity contribution >= 4 is 22.8 Å². The van der Waals surface area contributed by atoms with Crippen LogP contribution in [0.1, 0.15) is 6.42 Å². The van der Waals surface area contributed by atoms with Crippen molar-refractivity contribution in [3.05, 3.63) is 40.9 Å². The number of carbonyl (C=O) groups is 2. The van der Waals surface area contributed by atoms with Crippen molar-refractivity contribution in [1.29, 1.82) is 0 Å². The lowest BCUT2D eigenvalue weighted by molar-refractivity contribution is -0.140. The van der Waals surface area contributed by atoms with Gasteiger partial charge in [-0.25, -0.2) is 4.98 Å². The van der Waals surface area contributed by atoms with Crippen LogP contribution in [-0.4, -0.2) is 35.1 Å². The number of methoxy groups -OCH3 is 1. The first kappa shape index (κ1) is 14.7. The maximum atomic E-state index is 12.2. The zero-order chi connectivity index (χ0) is 15.2. The number of para-hydroxylation sites is 1. The molecule has 1 N–H and O–H groups in total. The Morgan fingerprint density at radius 3 is 2.86 bits per heavy atom. The fourth-order valence-corrected chi connectivity index (χ4v) is 1.84. The third-order valence-corrected chi connectivity index (χ3v) is 2.92. The Bertz CT molecular complexity index is 723. The van der Waals surface area contributed by atoms with Gasteiger partial charge >= 0.3 is 5.97 Å². The lowest BCUT2D eigenvalue weighted by atomic mass is 10.2. The quantitative estimate of drug-likeness (QED) is 0.787. The second-order valence-corrected chi connectivity index (χ2v) is 4.37. The maximum absolute atomic E-state index is 12.2. The molecule has 0 radical (unpaired) electrons. The number of aromatic nitrogens is 2. The summed E-state index contributed by atoms with van der Waals surface area (Å²) in [6.45, 7) is 0.0269. The van der Waals surface area contributed by atoms with E-state index in [9.17, 15) is 14.4 Å². The monoisotopic (exact) mass is 289 g/mol. The summed E-state index contributed by atoms with van der Waals surface area (Å²) < 4.78 is 5.69. The summed E-state index contributed by atoms with van der Waals surface area (Å²) in [7, 11) is 1.28. The van der Waals surface area contributed by atoms with Gasteiger partial charge in [-0.3, -0.25) is 19.0 Å². The van der Waals surface area contributed by atoms with Crippen molar-refractivity contribution in [3.8, 4) is 0 Å². The summed E-state index contributed by atoms with van der Waals surface area (Å²) in [6.07, 6.45) is 1.43. The number of carbonyl (C=O) groups excluding carboxylic acids is 2. The Labute approximate surface area is 120 Å². The number of nitrogens with zero attached hydrogens (tertiary/aromatic N) is 2. The number of amides is 1. The highest BCUT2D eigenvalue weighted by Gasteiger charge is 2.08. The first-order valence-electron chi connectivity index (χ1n) is 6.39. The molecule has 0 aliphatic heterocycles. The largest absolute Gasteiger partial charge is 0.469 e. The van der Waals surface area contributed by atoms with E-state index >= 15 is 0 Å². The van der Waals surface area contributed by atoms with Gasteiger partial charge in [-0.05, 0) is 12.1 Å². The first-order valence-corrected chi connectivity index (χ1v) is 6.39. The molecule has 1 aromatic carbocycles. The molecule has 0 aliphatic carbocycles. The van der Waals surface area contributed by atoms with Crippen LogP contribution in [-0.2, 0) is 20.9 Å². The van der Waals surface area contributed by atoms with Gasteiger partial charge in [0, 0.05) is 6.54 Å². The van der Waals surface area contributed by atoms with Crippen LogP contribution in [0.4, 0.5) is 0 Å². The molecule has 0 bridgehead atoms. The Morgan fingerprint density at radius 2 is 2.10 bits per heavy atom. The predicted molar refractivity (Wildman–Crippen MR) is 75.6 cm³/mol. The summed E-state index contributed by atoms with van der Waals surface area (Å²) in [4.78, 5) is 38.9. The summed E-state index contributed by atoms with van der Waals surface area (Å²) in [6, 6.07) is 6.93. The summed E-state index contributed by atoms with van der Waals surface area (Å²) in [5.41, 5.74) is 0.313. The van der Waals surface area contributed by atoms with E-state index in [1.54, 1.807) is 24.3 Å². The van der Waals surface area contributed by atoms with Gasteiger partial charge in [-0.1, -0.05) is 12.1 Å². The minimum atomic E-state index is -0.403. The molecular weight excluding hydrogens is 274 g/mol. The minimum Gasteiger partial charge on any atom is -0.469 e. The van der Waals surface area contributed by atoms with E-state index in [2.05, 4.69) is 15.0 Å². The van der Waals surface area contributed by atoms with Crippen molar-refractivity contribution in [1.82, 2.24) is 14.9 Å². The molecule has 2 rings (SSSR count). The molecule has 0 fully saturated rings. The number of rotatable bonds is 5. The molecule has 2 aromatic rings. The van der Waals surface area contributed by atoms with Crippen LogP contribution in [0.2, 0.25) is 0 Å². The van der Waals surface area contributed by atoms with Gasteiger partial charge in [-0.2, -0.15) is 0 Å². The smallest absolute Gasteiger partial charge is 0.307 e. The minimum absolute atomic E-state index is 0.0904. The highest BCUT2D eigenvalue weighted by molar-refractivity contribution is 5.79. The van der Waals surface area contributed by atoms with Gasteiger partial charge < -0.3 is 10.1 Å². The molecule has 1 heterocycles. The lowest BCUT2D eigenvalue weighted by Gasteiger charge is -2.07. The molecule has 110 valence electrons. The molecule has 1 aromatic heterocycles. The highest BCUT2D eigenvalue weighted by Crippen LogP contribution is 2.04. The van der Waals surface area contributed by atoms with Crippen molar-refractivity contribution in [2.75, 3.05) is 13.7 Å². The van der Waals surface area contributed by atoms with E-state index in [0.717, 1.165) is 0 Å². The molecule has 0 saturated carbocycles. The van der Waals surface area contributed by atoms with Gasteiger partial charge in [-0.15, -0.1) is 0 Å². The molecule has 1 amide bonds. The molecular formula is C14H15N3O4. The van der Waals surface area contributed by atoms with E-state index in [1.807, 2.05) is 0 Å². The molecule has 0 spiro atoms. The zero-order valence-corrected chi connectivity index (χ0v) is 11.5. The lowest BCUT2D eigenvalue weighted by Crippen LogP contribution is -2.33. The average Bonchev–Trinajstić information content (AvgIpc) is 2.50. The van der Waals surface area contributed by atoms with Gasteiger partial charge in [0.05, 0.1) is 30.8 Å². The topological polar surface area (TPSA) is 90.3 Å². The van der Waals surface area contributed by atoms with E-state index < -0.39 is 5.97 Å². The van der Waals surface area contributed by atoms with Gasteiger partial charge in [0.2, 0.25) is 5.91 Å². The van der Waals surface area contributed by atoms with Gasteiger partial charge in [0.1, 0.15) is 6.54 Å². The fourth-order valence-electron chi connectivity index (χ4n) is 1.84. The Kier molecular flexibility index (Phi) is 4.65. The molecule has 0 aliphatic rings. The van der Waals surface area contributed by atoms with Crippen molar-refractivity contribution in [3.63, 3.8) is 0 Å². The Hall–Kier alpha value is -2.70. The summed E-state index contributed by atoms with van der Waals surface area (Å²) in [5, 5.41) is 3.00. The van der Waals surface area contributed by atoms with E-state index in [1.165, 1.54) is 18.0 Å². The van der Waals surface area contributed by atoms with Crippen LogP contribution in [0.5, 0.6) is 0 Å². The van der Waals surface area contributed by atoms with Crippen LogP contribution in [0, 0.1) is 0 Å². The predicted octanol–water partition coefficient (Wildman–Crippen LogP) is 0.0758. The molecule has 7 heteroatoms. The third kappa shape index (κ3) is 3.65. The van der Waals surface area contributed by atoms with E-state index in [4.69, 9.17) is 0 Å². The van der Waals surface area contributed by atoms with Crippen LogP contribution in [0.15, 0.2) is 35.4 Å². The number of benzene rings is 1. The molecule has 0 atom stereocenters. The van der Waals surface area contributed by atoms with Crippen LogP contribution >= 0.6 is 0 Å². The normalized spacial score (nSPS) is 10.3. The molecule has 7 nitrogen and oxygen atoms in total. The second kappa shape index (κ2) is 6.65. The maximum Gasteiger partial charge on any atom is 0.307 e. The summed E-state index contributed by atoms with van der Waals surface area (Å²) in [5.74, 6) is -0.766. The number of fused-ring (bicyclic) bond motifs is 1. The molecule has 0 unspecified atom stereocenters. The average molecular weight is 289 g/mol. The van der Waals surface area contributed by atoms with Crippen molar-refractivity contribution < 1.29 is 14.3 Å². The van der Waals surface area contributed by atoms with Crippen LogP contribution in [0.3, 0.4) is 0 Å².